The molecule has 5 nitrogen and oxygen atoms in total. The van der Waals surface area contributed by atoms with E-state index in [4.69, 9.17) is 16.3 Å². The Bertz CT molecular complexity index is 712. The van der Waals surface area contributed by atoms with Gasteiger partial charge in [-0.1, -0.05) is 44.4 Å². The molecule has 1 rings (SSSR count). The average molecular weight is 388 g/mol. The molecule has 1 aromatic carbocycles. The first kappa shape index (κ1) is 21.5. The van der Waals surface area contributed by atoms with Crippen LogP contribution in [0.25, 0.3) is 0 Å². The summed E-state index contributed by atoms with van der Waals surface area (Å²) in [5, 5.41) is 0.267. The molecular formula is C18H26ClNO4S. The monoisotopic (exact) mass is 387 g/mol. The standard InChI is InChI=1S/C18H26ClNO4S/c1-5-10-18(6-2,7-3)11-12-24-16-9-8-14(13-15(16)19)17(21)20-25(4,22)23/h5,8-9,13H,1,6-7,10-12H2,2-4H3,(H,20,21). The molecule has 0 atom stereocenters. The molecule has 0 aliphatic heterocycles. The highest BCUT2D eigenvalue weighted by Gasteiger charge is 2.24. The Hall–Kier alpha value is -1.53. The summed E-state index contributed by atoms with van der Waals surface area (Å²) in [6.07, 6.45) is 6.74. The number of amides is 1. The number of ether oxygens (including phenoxy) is 1. The first-order valence-corrected chi connectivity index (χ1v) is 10.5. The maximum Gasteiger partial charge on any atom is 0.264 e. The first-order valence-electron chi connectivity index (χ1n) is 8.21. The number of hydrogen-bond donors (Lipinski definition) is 1. The molecule has 1 aromatic rings. The SMILES string of the molecule is C=CCC(CC)(CC)CCOc1ccc(C(=O)NS(C)(=O)=O)cc1Cl. The van der Waals surface area contributed by atoms with Gasteiger partial charge in [-0.25, -0.2) is 13.1 Å². The van der Waals surface area contributed by atoms with E-state index in [0.29, 0.717) is 12.4 Å². The maximum atomic E-state index is 11.8. The molecule has 0 aromatic heterocycles. The largest absolute Gasteiger partial charge is 0.492 e. The van der Waals surface area contributed by atoms with E-state index in [0.717, 1.165) is 31.9 Å². The van der Waals surface area contributed by atoms with Gasteiger partial charge in [-0.2, -0.15) is 0 Å². The lowest BCUT2D eigenvalue weighted by molar-refractivity contribution is 0.0981. The van der Waals surface area contributed by atoms with E-state index in [1.54, 1.807) is 6.07 Å². The molecule has 1 amide bonds. The van der Waals surface area contributed by atoms with Gasteiger partial charge < -0.3 is 4.74 Å². The van der Waals surface area contributed by atoms with Crippen molar-refractivity contribution in [1.29, 1.82) is 0 Å². The predicted molar refractivity (Wildman–Crippen MR) is 102 cm³/mol. The number of nitrogens with one attached hydrogen (secondary N) is 1. The molecule has 0 bridgehead atoms. The summed E-state index contributed by atoms with van der Waals surface area (Å²) in [6.45, 7) is 8.66. The summed E-state index contributed by atoms with van der Waals surface area (Å²) in [5.41, 5.74) is 0.328. The van der Waals surface area contributed by atoms with Crippen molar-refractivity contribution in [3.8, 4) is 5.75 Å². The smallest absolute Gasteiger partial charge is 0.264 e. The fraction of sp³-hybridized carbons (Fsp3) is 0.500. The molecule has 0 radical (unpaired) electrons. The van der Waals surface area contributed by atoms with Gasteiger partial charge in [-0.3, -0.25) is 4.79 Å². The van der Waals surface area contributed by atoms with E-state index in [1.165, 1.54) is 12.1 Å². The van der Waals surface area contributed by atoms with Gasteiger partial charge in [0.15, 0.2) is 0 Å². The number of allylic oxidation sites excluding steroid dienone is 1. The topological polar surface area (TPSA) is 72.5 Å². The van der Waals surface area contributed by atoms with Crippen LogP contribution in [-0.4, -0.2) is 27.2 Å². The Morgan fingerprint density at radius 1 is 1.36 bits per heavy atom. The average Bonchev–Trinajstić information content (AvgIpc) is 2.53. The summed E-state index contributed by atoms with van der Waals surface area (Å²) in [7, 11) is -3.62. The molecule has 0 spiro atoms. The molecular weight excluding hydrogens is 362 g/mol. The minimum absolute atomic E-state index is 0.158. The van der Waals surface area contributed by atoms with Crippen LogP contribution in [0.5, 0.6) is 5.75 Å². The Balaban J connectivity index is 2.75. The third kappa shape index (κ3) is 6.71. The van der Waals surface area contributed by atoms with Crippen LogP contribution in [0.2, 0.25) is 5.02 Å². The molecule has 0 unspecified atom stereocenters. The number of carbonyl (C=O) groups is 1. The van der Waals surface area contributed by atoms with Gasteiger partial charge in [0.25, 0.3) is 5.91 Å². The van der Waals surface area contributed by atoms with E-state index < -0.39 is 15.9 Å². The third-order valence-corrected chi connectivity index (χ3v) is 5.29. The quantitative estimate of drug-likeness (QED) is 0.611. The summed E-state index contributed by atoms with van der Waals surface area (Å²) in [6, 6.07) is 4.46. The van der Waals surface area contributed by atoms with Crippen LogP contribution in [0.1, 0.15) is 49.9 Å². The Kier molecular flexibility index (Phi) is 7.96. The van der Waals surface area contributed by atoms with Crippen LogP contribution in [0, 0.1) is 5.41 Å². The molecule has 140 valence electrons. The molecule has 7 heteroatoms. The first-order chi connectivity index (χ1) is 11.7. The van der Waals surface area contributed by atoms with Gasteiger partial charge >= 0.3 is 0 Å². The molecule has 0 saturated carbocycles. The van der Waals surface area contributed by atoms with Crippen LogP contribution >= 0.6 is 11.6 Å². The van der Waals surface area contributed by atoms with E-state index in [1.807, 2.05) is 10.8 Å². The van der Waals surface area contributed by atoms with Crippen LogP contribution in [0.15, 0.2) is 30.9 Å². The summed E-state index contributed by atoms with van der Waals surface area (Å²) < 4.78 is 29.9. The van der Waals surface area contributed by atoms with Crippen LogP contribution in [0.3, 0.4) is 0 Å². The Labute approximate surface area is 155 Å². The zero-order valence-electron chi connectivity index (χ0n) is 15.0. The number of benzene rings is 1. The van der Waals surface area contributed by atoms with Crippen molar-refractivity contribution in [2.75, 3.05) is 12.9 Å². The van der Waals surface area contributed by atoms with Gasteiger partial charge in [0.2, 0.25) is 10.0 Å². The summed E-state index contributed by atoms with van der Waals surface area (Å²) >= 11 is 6.15. The zero-order valence-corrected chi connectivity index (χ0v) is 16.5. The summed E-state index contributed by atoms with van der Waals surface area (Å²) in [5.74, 6) is -0.254. The molecule has 0 aliphatic carbocycles. The fourth-order valence-corrected chi connectivity index (χ4v) is 3.35. The number of carbonyl (C=O) groups excluding carboxylic acids is 1. The number of halogens is 1. The minimum Gasteiger partial charge on any atom is -0.492 e. The Morgan fingerprint density at radius 2 is 2.00 bits per heavy atom. The fourth-order valence-electron chi connectivity index (χ4n) is 2.66. The molecule has 0 aliphatic rings. The summed E-state index contributed by atoms with van der Waals surface area (Å²) in [4.78, 5) is 11.8. The van der Waals surface area contributed by atoms with E-state index in [-0.39, 0.29) is 16.0 Å². The maximum absolute atomic E-state index is 11.8. The van der Waals surface area contributed by atoms with Crippen LogP contribution in [0.4, 0.5) is 0 Å². The van der Waals surface area contributed by atoms with Crippen molar-refractivity contribution in [3.05, 3.63) is 41.4 Å². The minimum atomic E-state index is -3.62. The normalized spacial score (nSPS) is 11.8. The van der Waals surface area contributed by atoms with Gasteiger partial charge in [-0.05, 0) is 36.5 Å². The molecule has 25 heavy (non-hydrogen) atoms. The lowest BCUT2D eigenvalue weighted by Crippen LogP contribution is -2.29. The lowest BCUT2D eigenvalue weighted by atomic mass is 9.77. The predicted octanol–water partition coefficient (Wildman–Crippen LogP) is 4.18. The molecule has 1 N–H and O–H groups in total. The highest BCUT2D eigenvalue weighted by atomic mass is 35.5. The lowest BCUT2D eigenvalue weighted by Gasteiger charge is -2.30. The van der Waals surface area contributed by atoms with Crippen molar-refractivity contribution in [2.24, 2.45) is 5.41 Å². The number of sulfonamides is 1. The van der Waals surface area contributed by atoms with E-state index in [2.05, 4.69) is 20.4 Å². The second-order valence-corrected chi connectivity index (χ2v) is 8.30. The van der Waals surface area contributed by atoms with Gasteiger partial charge in [0.1, 0.15) is 5.75 Å². The van der Waals surface area contributed by atoms with Crippen LogP contribution < -0.4 is 9.46 Å². The van der Waals surface area contributed by atoms with Gasteiger partial charge in [0, 0.05) is 5.56 Å². The third-order valence-electron chi connectivity index (χ3n) is 4.44. The molecule has 0 saturated heterocycles. The molecule has 0 heterocycles. The second-order valence-electron chi connectivity index (χ2n) is 6.15. The van der Waals surface area contributed by atoms with Crippen molar-refractivity contribution in [2.45, 2.75) is 39.5 Å². The molecule has 0 fully saturated rings. The second kappa shape index (κ2) is 9.25. The van der Waals surface area contributed by atoms with E-state index >= 15 is 0 Å². The Morgan fingerprint density at radius 3 is 2.48 bits per heavy atom. The van der Waals surface area contributed by atoms with Gasteiger partial charge in [0.05, 0.1) is 17.9 Å². The van der Waals surface area contributed by atoms with Crippen molar-refractivity contribution >= 4 is 27.5 Å². The van der Waals surface area contributed by atoms with Crippen molar-refractivity contribution in [1.82, 2.24) is 4.72 Å². The van der Waals surface area contributed by atoms with Crippen molar-refractivity contribution < 1.29 is 17.9 Å². The van der Waals surface area contributed by atoms with Crippen LogP contribution in [-0.2, 0) is 10.0 Å². The van der Waals surface area contributed by atoms with Gasteiger partial charge in [-0.15, -0.1) is 6.58 Å². The number of rotatable bonds is 10. The number of hydrogen-bond acceptors (Lipinski definition) is 4. The highest BCUT2D eigenvalue weighted by molar-refractivity contribution is 7.89. The highest BCUT2D eigenvalue weighted by Crippen LogP contribution is 2.35. The zero-order chi connectivity index (χ0) is 19.1. The van der Waals surface area contributed by atoms with Crippen molar-refractivity contribution in [3.63, 3.8) is 0 Å². The van der Waals surface area contributed by atoms with E-state index in [9.17, 15) is 13.2 Å².